The van der Waals surface area contributed by atoms with E-state index in [4.69, 9.17) is 5.73 Å². The van der Waals surface area contributed by atoms with E-state index in [0.717, 1.165) is 13.1 Å². The number of hydrogen-bond donors (Lipinski definition) is 2. The van der Waals surface area contributed by atoms with Crippen LogP contribution in [0.15, 0.2) is 18.2 Å². The van der Waals surface area contributed by atoms with Crippen molar-refractivity contribution in [1.82, 2.24) is 0 Å². The van der Waals surface area contributed by atoms with Crippen molar-refractivity contribution in [3.8, 4) is 0 Å². The molecule has 0 atom stereocenters. The van der Waals surface area contributed by atoms with Gasteiger partial charge in [0.25, 0.3) is 0 Å². The number of nitrogens with two attached hydrogens (primary N) is 1. The summed E-state index contributed by atoms with van der Waals surface area (Å²) in [6.07, 6.45) is 5.06. The zero-order chi connectivity index (χ0) is 10.3. The molecule has 0 amide bonds. The summed E-state index contributed by atoms with van der Waals surface area (Å²) in [5.74, 6) is 0. The first-order chi connectivity index (χ1) is 7.34. The Kier molecular flexibility index (Phi) is 1.99. The highest BCUT2D eigenvalue weighted by Crippen LogP contribution is 2.43. The molecule has 1 aromatic rings. The first kappa shape index (κ1) is 9.22. The Morgan fingerprint density at radius 1 is 1.33 bits per heavy atom. The molecule has 0 bridgehead atoms. The number of hydrogen-bond acceptors (Lipinski definition) is 2. The van der Waals surface area contributed by atoms with Crippen molar-refractivity contribution in [3.05, 3.63) is 29.3 Å². The summed E-state index contributed by atoms with van der Waals surface area (Å²) in [6.45, 7) is 1.90. The van der Waals surface area contributed by atoms with Gasteiger partial charge in [0.05, 0.1) is 0 Å². The summed E-state index contributed by atoms with van der Waals surface area (Å²) >= 11 is 0. The molecule has 1 heterocycles. The molecule has 1 aliphatic carbocycles. The smallest absolute Gasteiger partial charge is 0.0373 e. The van der Waals surface area contributed by atoms with Crippen LogP contribution in [-0.4, -0.2) is 13.1 Å². The second-order valence-corrected chi connectivity index (χ2v) is 4.89. The van der Waals surface area contributed by atoms with Gasteiger partial charge in [-0.1, -0.05) is 18.6 Å². The van der Waals surface area contributed by atoms with E-state index in [1.807, 2.05) is 0 Å². The maximum Gasteiger partial charge on any atom is 0.0373 e. The Hall–Kier alpha value is -1.02. The fourth-order valence-electron chi connectivity index (χ4n) is 2.85. The standard InChI is InChI=1S/C13H18N2/c14-9-13(5-1-6-13)11-2-3-12-10(8-11)4-7-15-12/h2-3,8,15H,1,4-7,9,14H2. The molecule has 1 aliphatic heterocycles. The molecule has 1 fully saturated rings. The molecule has 15 heavy (non-hydrogen) atoms. The normalized spacial score (nSPS) is 21.7. The van der Waals surface area contributed by atoms with Gasteiger partial charge in [0.1, 0.15) is 0 Å². The van der Waals surface area contributed by atoms with Gasteiger partial charge in [-0.3, -0.25) is 0 Å². The van der Waals surface area contributed by atoms with Crippen LogP contribution >= 0.6 is 0 Å². The fraction of sp³-hybridized carbons (Fsp3) is 0.538. The average molecular weight is 202 g/mol. The van der Waals surface area contributed by atoms with Crippen LogP contribution < -0.4 is 11.1 Å². The van der Waals surface area contributed by atoms with E-state index in [0.29, 0.717) is 5.41 Å². The monoisotopic (exact) mass is 202 g/mol. The highest BCUT2D eigenvalue weighted by Gasteiger charge is 2.37. The molecular formula is C13H18N2. The summed E-state index contributed by atoms with van der Waals surface area (Å²) in [5.41, 5.74) is 10.5. The number of nitrogens with one attached hydrogen (secondary N) is 1. The second-order valence-electron chi connectivity index (χ2n) is 4.89. The van der Waals surface area contributed by atoms with Crippen LogP contribution in [0.4, 0.5) is 5.69 Å². The van der Waals surface area contributed by atoms with Gasteiger partial charge < -0.3 is 11.1 Å². The van der Waals surface area contributed by atoms with Crippen molar-refractivity contribution < 1.29 is 0 Å². The fourth-order valence-corrected chi connectivity index (χ4v) is 2.85. The third-order valence-electron chi connectivity index (χ3n) is 4.13. The quantitative estimate of drug-likeness (QED) is 0.770. The zero-order valence-electron chi connectivity index (χ0n) is 9.05. The van der Waals surface area contributed by atoms with Crippen LogP contribution in [0.3, 0.4) is 0 Å². The average Bonchev–Trinajstić information content (AvgIpc) is 2.64. The maximum atomic E-state index is 5.93. The lowest BCUT2D eigenvalue weighted by Gasteiger charge is -2.41. The molecule has 0 radical (unpaired) electrons. The topological polar surface area (TPSA) is 38.0 Å². The van der Waals surface area contributed by atoms with Crippen LogP contribution in [0.2, 0.25) is 0 Å². The predicted octanol–water partition coefficient (Wildman–Crippen LogP) is 2.04. The molecule has 2 aliphatic rings. The van der Waals surface area contributed by atoms with Crippen LogP contribution in [0.25, 0.3) is 0 Å². The van der Waals surface area contributed by atoms with Crippen LogP contribution in [0.5, 0.6) is 0 Å². The van der Waals surface area contributed by atoms with Crippen molar-refractivity contribution in [2.24, 2.45) is 5.73 Å². The van der Waals surface area contributed by atoms with Crippen molar-refractivity contribution in [3.63, 3.8) is 0 Å². The molecule has 0 spiro atoms. The first-order valence-corrected chi connectivity index (χ1v) is 5.91. The van der Waals surface area contributed by atoms with Crippen LogP contribution in [0, 0.1) is 0 Å². The lowest BCUT2D eigenvalue weighted by molar-refractivity contribution is 0.253. The van der Waals surface area contributed by atoms with E-state index >= 15 is 0 Å². The Labute approximate surface area is 90.9 Å². The summed E-state index contributed by atoms with van der Waals surface area (Å²) in [7, 11) is 0. The lowest BCUT2D eigenvalue weighted by Crippen LogP contribution is -2.41. The Bertz CT molecular complexity index is 375. The van der Waals surface area contributed by atoms with Crippen LogP contribution in [0.1, 0.15) is 30.4 Å². The summed E-state index contributed by atoms with van der Waals surface area (Å²) in [6, 6.07) is 6.87. The Balaban J connectivity index is 1.98. The van der Waals surface area contributed by atoms with Gasteiger partial charge in [-0.15, -0.1) is 0 Å². The lowest BCUT2D eigenvalue weighted by atomic mass is 9.64. The first-order valence-electron chi connectivity index (χ1n) is 5.91. The van der Waals surface area contributed by atoms with Crippen LogP contribution in [-0.2, 0) is 11.8 Å². The minimum atomic E-state index is 0.317. The highest BCUT2D eigenvalue weighted by molar-refractivity contribution is 5.57. The number of fused-ring (bicyclic) bond motifs is 1. The van der Waals surface area contributed by atoms with E-state index in [1.165, 1.54) is 42.5 Å². The molecule has 3 rings (SSSR count). The van der Waals surface area contributed by atoms with Crippen molar-refractivity contribution in [2.45, 2.75) is 31.1 Å². The molecule has 3 N–H and O–H groups in total. The molecular weight excluding hydrogens is 184 g/mol. The molecule has 2 heteroatoms. The van der Waals surface area contributed by atoms with Gasteiger partial charge in [0.2, 0.25) is 0 Å². The SMILES string of the molecule is NCC1(c2ccc3c(c2)CCN3)CCC1. The highest BCUT2D eigenvalue weighted by atomic mass is 14.9. The van der Waals surface area contributed by atoms with E-state index < -0.39 is 0 Å². The molecule has 80 valence electrons. The van der Waals surface area contributed by atoms with Gasteiger partial charge in [0.15, 0.2) is 0 Å². The predicted molar refractivity (Wildman–Crippen MR) is 63.2 cm³/mol. The number of rotatable bonds is 2. The Morgan fingerprint density at radius 2 is 2.20 bits per heavy atom. The van der Waals surface area contributed by atoms with E-state index in [1.54, 1.807) is 0 Å². The molecule has 0 aromatic heterocycles. The van der Waals surface area contributed by atoms with E-state index in [-0.39, 0.29) is 0 Å². The van der Waals surface area contributed by atoms with Gasteiger partial charge in [0, 0.05) is 24.2 Å². The van der Waals surface area contributed by atoms with Crippen molar-refractivity contribution in [2.75, 3.05) is 18.4 Å². The minimum absolute atomic E-state index is 0.317. The largest absolute Gasteiger partial charge is 0.384 e. The zero-order valence-corrected chi connectivity index (χ0v) is 9.05. The number of anilines is 1. The maximum absolute atomic E-state index is 5.93. The molecule has 0 saturated heterocycles. The molecule has 1 aromatic carbocycles. The third kappa shape index (κ3) is 1.28. The summed E-state index contributed by atoms with van der Waals surface area (Å²) < 4.78 is 0. The van der Waals surface area contributed by atoms with Gasteiger partial charge in [-0.2, -0.15) is 0 Å². The van der Waals surface area contributed by atoms with Gasteiger partial charge >= 0.3 is 0 Å². The third-order valence-corrected chi connectivity index (χ3v) is 4.13. The van der Waals surface area contributed by atoms with Crippen molar-refractivity contribution in [1.29, 1.82) is 0 Å². The van der Waals surface area contributed by atoms with Crippen molar-refractivity contribution >= 4 is 5.69 Å². The molecule has 1 saturated carbocycles. The molecule has 2 nitrogen and oxygen atoms in total. The summed E-state index contributed by atoms with van der Waals surface area (Å²) in [5, 5.41) is 3.40. The summed E-state index contributed by atoms with van der Waals surface area (Å²) in [4.78, 5) is 0. The van der Waals surface area contributed by atoms with E-state index in [2.05, 4.69) is 23.5 Å². The van der Waals surface area contributed by atoms with Gasteiger partial charge in [-0.25, -0.2) is 0 Å². The number of benzene rings is 1. The Morgan fingerprint density at radius 3 is 2.87 bits per heavy atom. The second kappa shape index (κ2) is 3.24. The van der Waals surface area contributed by atoms with E-state index in [9.17, 15) is 0 Å². The molecule has 0 unspecified atom stereocenters. The van der Waals surface area contributed by atoms with Gasteiger partial charge in [-0.05, 0) is 36.5 Å². The minimum Gasteiger partial charge on any atom is -0.384 e.